The zero-order valence-corrected chi connectivity index (χ0v) is 20.4. The SMILES string of the molecule is CCCCCOC1C(O)C(O)C(OCc2ccccc2)C(OC(C)c2c[nH]c3ccccc23)C1O. The Kier molecular flexibility index (Phi) is 8.94. The Hall–Kier alpha value is -2.26. The first-order valence-electron chi connectivity index (χ1n) is 12.5. The molecule has 0 amide bonds. The van der Waals surface area contributed by atoms with Gasteiger partial charge in [-0.15, -0.1) is 0 Å². The molecular formula is C28H37NO6. The lowest BCUT2D eigenvalue weighted by Crippen LogP contribution is -2.65. The minimum atomic E-state index is -1.30. The molecule has 4 rings (SSSR count). The highest BCUT2D eigenvalue weighted by atomic mass is 16.6. The molecule has 0 spiro atoms. The molecule has 0 aliphatic heterocycles. The van der Waals surface area contributed by atoms with E-state index in [9.17, 15) is 15.3 Å². The second kappa shape index (κ2) is 12.1. The number of aliphatic hydroxyl groups is 3. The number of para-hydroxylation sites is 1. The summed E-state index contributed by atoms with van der Waals surface area (Å²) in [6.07, 6.45) is -2.25. The number of hydrogen-bond acceptors (Lipinski definition) is 6. The Morgan fingerprint density at radius 2 is 1.54 bits per heavy atom. The summed E-state index contributed by atoms with van der Waals surface area (Å²) < 4.78 is 18.3. The van der Waals surface area contributed by atoms with Gasteiger partial charge in [0.2, 0.25) is 0 Å². The van der Waals surface area contributed by atoms with Gasteiger partial charge in [0.15, 0.2) is 0 Å². The standard InChI is InChI=1S/C28H37NO6/c1-3-4-10-15-33-26-23(30)24(31)27(34-17-19-11-6-5-7-12-19)28(25(26)32)35-18(2)21-16-29-22-14-9-8-13-20(21)22/h5-9,11-14,16,18,23-32H,3-4,10,15,17H2,1-2H3. The van der Waals surface area contributed by atoms with Crippen molar-refractivity contribution in [3.05, 3.63) is 71.9 Å². The Labute approximate surface area is 206 Å². The van der Waals surface area contributed by atoms with Gasteiger partial charge in [-0.3, -0.25) is 0 Å². The first kappa shape index (κ1) is 25.8. The molecule has 1 fully saturated rings. The number of ether oxygens (including phenoxy) is 3. The topological polar surface area (TPSA) is 104 Å². The Balaban J connectivity index is 1.55. The van der Waals surface area contributed by atoms with Gasteiger partial charge in [-0.2, -0.15) is 0 Å². The van der Waals surface area contributed by atoms with E-state index in [1.807, 2.05) is 67.7 Å². The zero-order chi connectivity index (χ0) is 24.8. The number of unbranched alkanes of at least 4 members (excludes halogenated alkanes) is 2. The third-order valence-corrected chi connectivity index (χ3v) is 6.78. The number of hydrogen-bond donors (Lipinski definition) is 4. The van der Waals surface area contributed by atoms with Gasteiger partial charge in [0.25, 0.3) is 0 Å². The van der Waals surface area contributed by atoms with E-state index in [-0.39, 0.29) is 6.61 Å². The molecule has 7 nitrogen and oxygen atoms in total. The van der Waals surface area contributed by atoms with E-state index in [1.165, 1.54) is 0 Å². The number of aromatic amines is 1. The van der Waals surface area contributed by atoms with Crippen molar-refractivity contribution < 1.29 is 29.5 Å². The molecule has 7 atom stereocenters. The van der Waals surface area contributed by atoms with Gasteiger partial charge >= 0.3 is 0 Å². The summed E-state index contributed by atoms with van der Waals surface area (Å²) in [5.74, 6) is 0. The van der Waals surface area contributed by atoms with E-state index >= 15 is 0 Å². The fourth-order valence-corrected chi connectivity index (χ4v) is 4.79. The van der Waals surface area contributed by atoms with Crippen LogP contribution in [-0.4, -0.2) is 63.5 Å². The molecule has 1 aliphatic carbocycles. The van der Waals surface area contributed by atoms with Gasteiger partial charge in [0, 0.05) is 29.3 Å². The first-order chi connectivity index (χ1) is 17.0. The highest BCUT2D eigenvalue weighted by Crippen LogP contribution is 2.34. The number of aromatic nitrogens is 1. The third-order valence-electron chi connectivity index (χ3n) is 6.78. The highest BCUT2D eigenvalue weighted by molar-refractivity contribution is 5.83. The van der Waals surface area contributed by atoms with Gasteiger partial charge in [-0.25, -0.2) is 0 Å². The lowest BCUT2D eigenvalue weighted by atomic mass is 9.84. The molecule has 1 aromatic heterocycles. The fraction of sp³-hybridized carbons (Fsp3) is 0.500. The predicted octanol–water partition coefficient (Wildman–Crippen LogP) is 3.87. The molecule has 0 saturated heterocycles. The van der Waals surface area contributed by atoms with Crippen LogP contribution in [0.2, 0.25) is 0 Å². The molecule has 2 aromatic carbocycles. The van der Waals surface area contributed by atoms with Crippen molar-refractivity contribution in [3.8, 4) is 0 Å². The highest BCUT2D eigenvalue weighted by Gasteiger charge is 2.52. The molecule has 7 unspecified atom stereocenters. The number of aliphatic hydroxyl groups excluding tert-OH is 3. The molecule has 1 saturated carbocycles. The van der Waals surface area contributed by atoms with E-state index in [2.05, 4.69) is 11.9 Å². The predicted molar refractivity (Wildman–Crippen MR) is 134 cm³/mol. The maximum atomic E-state index is 11.3. The van der Waals surface area contributed by atoms with Crippen LogP contribution in [0, 0.1) is 0 Å². The van der Waals surface area contributed by atoms with Crippen LogP contribution >= 0.6 is 0 Å². The second-order valence-corrected chi connectivity index (χ2v) is 9.31. The summed E-state index contributed by atoms with van der Waals surface area (Å²) in [7, 11) is 0. The number of rotatable bonds is 11. The van der Waals surface area contributed by atoms with Crippen LogP contribution in [0.25, 0.3) is 10.9 Å². The van der Waals surface area contributed by atoms with Crippen LogP contribution in [0.15, 0.2) is 60.8 Å². The van der Waals surface area contributed by atoms with Gasteiger partial charge in [-0.05, 0) is 25.0 Å². The van der Waals surface area contributed by atoms with Crippen molar-refractivity contribution in [2.24, 2.45) is 0 Å². The average Bonchev–Trinajstić information content (AvgIpc) is 3.31. The molecule has 4 N–H and O–H groups in total. The Morgan fingerprint density at radius 1 is 0.829 bits per heavy atom. The summed E-state index contributed by atoms with van der Waals surface area (Å²) in [6.45, 7) is 4.61. The molecule has 3 aromatic rings. The molecule has 7 heteroatoms. The van der Waals surface area contributed by atoms with Crippen LogP contribution < -0.4 is 0 Å². The van der Waals surface area contributed by atoms with E-state index in [0.29, 0.717) is 6.61 Å². The van der Waals surface area contributed by atoms with Crippen LogP contribution in [0.4, 0.5) is 0 Å². The van der Waals surface area contributed by atoms with Crippen molar-refractivity contribution in [1.29, 1.82) is 0 Å². The maximum absolute atomic E-state index is 11.3. The number of fused-ring (bicyclic) bond motifs is 1. The molecular weight excluding hydrogens is 446 g/mol. The lowest BCUT2D eigenvalue weighted by molar-refractivity contribution is -0.265. The van der Waals surface area contributed by atoms with Crippen molar-refractivity contribution in [2.45, 2.75) is 82.4 Å². The van der Waals surface area contributed by atoms with Crippen molar-refractivity contribution in [3.63, 3.8) is 0 Å². The van der Waals surface area contributed by atoms with Gasteiger partial charge in [0.1, 0.15) is 36.6 Å². The smallest absolute Gasteiger partial charge is 0.116 e. The minimum Gasteiger partial charge on any atom is -0.387 e. The average molecular weight is 484 g/mol. The number of H-pyrrole nitrogens is 1. The molecule has 0 bridgehead atoms. The van der Waals surface area contributed by atoms with Gasteiger partial charge in [-0.1, -0.05) is 68.3 Å². The lowest BCUT2D eigenvalue weighted by Gasteiger charge is -2.46. The van der Waals surface area contributed by atoms with Gasteiger partial charge in [0.05, 0.1) is 12.7 Å². The minimum absolute atomic E-state index is 0.214. The molecule has 190 valence electrons. The quantitative estimate of drug-likeness (QED) is 0.309. The normalized spacial score (nSPS) is 27.8. The second-order valence-electron chi connectivity index (χ2n) is 9.31. The summed E-state index contributed by atoms with van der Waals surface area (Å²) in [5.41, 5.74) is 2.85. The summed E-state index contributed by atoms with van der Waals surface area (Å²) >= 11 is 0. The Bertz CT molecular complexity index is 1040. The van der Waals surface area contributed by atoms with Crippen molar-refractivity contribution in [2.75, 3.05) is 6.61 Å². The van der Waals surface area contributed by atoms with Crippen molar-refractivity contribution >= 4 is 10.9 Å². The first-order valence-corrected chi connectivity index (χ1v) is 12.5. The van der Waals surface area contributed by atoms with Crippen LogP contribution in [0.5, 0.6) is 0 Å². The van der Waals surface area contributed by atoms with Crippen LogP contribution in [-0.2, 0) is 20.8 Å². The Morgan fingerprint density at radius 3 is 2.31 bits per heavy atom. The molecule has 0 radical (unpaired) electrons. The number of nitrogens with one attached hydrogen (secondary N) is 1. The van der Waals surface area contributed by atoms with E-state index in [4.69, 9.17) is 14.2 Å². The summed E-state index contributed by atoms with van der Waals surface area (Å²) in [5, 5.41) is 34.2. The number of benzene rings is 2. The molecule has 1 heterocycles. The van der Waals surface area contributed by atoms with E-state index in [0.717, 1.165) is 41.3 Å². The third kappa shape index (κ3) is 5.94. The molecule has 35 heavy (non-hydrogen) atoms. The van der Waals surface area contributed by atoms with Gasteiger partial charge < -0.3 is 34.5 Å². The fourth-order valence-electron chi connectivity index (χ4n) is 4.79. The summed E-state index contributed by atoms with van der Waals surface area (Å²) in [6, 6.07) is 17.5. The zero-order valence-electron chi connectivity index (χ0n) is 20.4. The largest absolute Gasteiger partial charge is 0.387 e. The van der Waals surface area contributed by atoms with Crippen LogP contribution in [0.3, 0.4) is 0 Å². The van der Waals surface area contributed by atoms with Crippen LogP contribution in [0.1, 0.15) is 50.3 Å². The van der Waals surface area contributed by atoms with Crippen molar-refractivity contribution in [1.82, 2.24) is 4.98 Å². The molecule has 1 aliphatic rings. The summed E-state index contributed by atoms with van der Waals surface area (Å²) in [4.78, 5) is 3.25. The monoisotopic (exact) mass is 483 g/mol. The van der Waals surface area contributed by atoms with E-state index < -0.39 is 42.7 Å². The van der Waals surface area contributed by atoms with E-state index in [1.54, 1.807) is 0 Å². The maximum Gasteiger partial charge on any atom is 0.116 e.